The van der Waals surface area contributed by atoms with Crippen LogP contribution in [0, 0.1) is 11.6 Å². The predicted molar refractivity (Wildman–Crippen MR) is 69.3 cm³/mol. The number of hydrogen-bond donors (Lipinski definition) is 1. The molecule has 1 saturated carbocycles. The molecule has 2 N–H and O–H groups in total. The van der Waals surface area contributed by atoms with E-state index < -0.39 is 11.6 Å². The largest absolute Gasteiger partial charge is 0.325 e. The van der Waals surface area contributed by atoms with E-state index >= 15 is 0 Å². The first-order valence-corrected chi connectivity index (χ1v) is 6.81. The van der Waals surface area contributed by atoms with Crippen molar-refractivity contribution >= 4 is 0 Å². The minimum Gasteiger partial charge on any atom is -0.325 e. The predicted octanol–water partition coefficient (Wildman–Crippen LogP) is 3.95. The number of halogens is 2. The van der Waals surface area contributed by atoms with Gasteiger partial charge in [0.05, 0.1) is 0 Å². The van der Waals surface area contributed by atoms with Gasteiger partial charge in [0.25, 0.3) is 0 Å². The fraction of sp³-hybridized carbons (Fsp3) is 0.600. The molecule has 100 valence electrons. The molecule has 0 radical (unpaired) electrons. The molecule has 0 atom stereocenters. The minimum absolute atomic E-state index is 0.291. The summed E-state index contributed by atoms with van der Waals surface area (Å²) < 4.78 is 26.3. The molecular formula is C15H21F2N. The van der Waals surface area contributed by atoms with E-state index in [1.807, 2.05) is 0 Å². The smallest absolute Gasteiger partial charge is 0.126 e. The third-order valence-electron chi connectivity index (χ3n) is 3.83. The number of benzene rings is 1. The molecule has 0 unspecified atom stereocenters. The molecule has 1 nitrogen and oxygen atoms in total. The highest BCUT2D eigenvalue weighted by molar-refractivity contribution is 5.20. The van der Waals surface area contributed by atoms with Crippen LogP contribution in [0.15, 0.2) is 18.2 Å². The summed E-state index contributed by atoms with van der Waals surface area (Å²) in [5.74, 6) is -1.03. The molecule has 0 bridgehead atoms. The molecule has 0 saturated heterocycles. The Bertz CT molecular complexity index is 375. The van der Waals surface area contributed by atoms with E-state index in [1.165, 1.54) is 31.4 Å². The van der Waals surface area contributed by atoms with Crippen LogP contribution >= 0.6 is 0 Å². The van der Waals surface area contributed by atoms with Crippen molar-refractivity contribution in [3.63, 3.8) is 0 Å². The third-order valence-corrected chi connectivity index (χ3v) is 3.83. The summed E-state index contributed by atoms with van der Waals surface area (Å²) in [4.78, 5) is 0. The zero-order valence-electron chi connectivity index (χ0n) is 10.7. The quantitative estimate of drug-likeness (QED) is 0.848. The molecule has 0 amide bonds. The summed E-state index contributed by atoms with van der Waals surface area (Å²) in [5.41, 5.74) is 6.80. The first-order valence-electron chi connectivity index (χ1n) is 6.81. The van der Waals surface area contributed by atoms with Crippen molar-refractivity contribution in [2.24, 2.45) is 5.73 Å². The summed E-state index contributed by atoms with van der Waals surface area (Å²) in [6.45, 7) is 0. The minimum atomic E-state index is -0.514. The number of nitrogens with two attached hydrogens (primary N) is 1. The maximum atomic E-state index is 13.2. The molecule has 0 aromatic heterocycles. The van der Waals surface area contributed by atoms with Crippen molar-refractivity contribution in [2.75, 3.05) is 0 Å². The molecule has 2 rings (SSSR count). The SMILES string of the molecule is NC1(Cc2cc(F)cc(F)c2)CCCCCCC1. The monoisotopic (exact) mass is 253 g/mol. The Balaban J connectivity index is 2.09. The lowest BCUT2D eigenvalue weighted by atomic mass is 9.80. The Morgan fingerprint density at radius 1 is 0.889 bits per heavy atom. The molecule has 1 aromatic rings. The fourth-order valence-corrected chi connectivity index (χ4v) is 2.91. The lowest BCUT2D eigenvalue weighted by molar-refractivity contribution is 0.314. The normalized spacial score (nSPS) is 20.2. The van der Waals surface area contributed by atoms with Crippen molar-refractivity contribution in [3.05, 3.63) is 35.4 Å². The molecule has 1 fully saturated rings. The Labute approximate surface area is 107 Å². The van der Waals surface area contributed by atoms with Gasteiger partial charge in [-0.1, -0.05) is 32.1 Å². The topological polar surface area (TPSA) is 26.0 Å². The van der Waals surface area contributed by atoms with E-state index in [9.17, 15) is 8.78 Å². The van der Waals surface area contributed by atoms with Crippen LogP contribution < -0.4 is 5.73 Å². The zero-order chi connectivity index (χ0) is 13.0. The van der Waals surface area contributed by atoms with Crippen LogP contribution in [0.5, 0.6) is 0 Å². The molecule has 0 spiro atoms. The van der Waals surface area contributed by atoms with Crippen molar-refractivity contribution in [1.29, 1.82) is 0 Å². The highest BCUT2D eigenvalue weighted by Gasteiger charge is 2.26. The first-order chi connectivity index (χ1) is 8.57. The van der Waals surface area contributed by atoms with Crippen molar-refractivity contribution in [3.8, 4) is 0 Å². The number of hydrogen-bond acceptors (Lipinski definition) is 1. The standard InChI is InChI=1S/C15H21F2N/c16-13-8-12(9-14(17)10-13)11-15(18)6-4-2-1-3-5-7-15/h8-10H,1-7,11,18H2. The summed E-state index contributed by atoms with van der Waals surface area (Å²) in [6.07, 6.45) is 8.43. The molecule has 0 heterocycles. The first kappa shape index (κ1) is 13.5. The van der Waals surface area contributed by atoms with Crippen LogP contribution in [0.3, 0.4) is 0 Å². The molecule has 3 heteroatoms. The van der Waals surface area contributed by atoms with Crippen molar-refractivity contribution in [1.82, 2.24) is 0 Å². The highest BCUT2D eigenvalue weighted by Crippen LogP contribution is 2.27. The lowest BCUT2D eigenvalue weighted by Crippen LogP contribution is -2.42. The zero-order valence-corrected chi connectivity index (χ0v) is 10.7. The molecule has 1 aliphatic rings. The molecule has 18 heavy (non-hydrogen) atoms. The van der Waals surface area contributed by atoms with Gasteiger partial charge in [-0.3, -0.25) is 0 Å². The van der Waals surface area contributed by atoms with Gasteiger partial charge in [-0.25, -0.2) is 8.78 Å². The Morgan fingerprint density at radius 2 is 1.39 bits per heavy atom. The van der Waals surface area contributed by atoms with E-state index in [0.717, 1.165) is 31.7 Å². The fourth-order valence-electron chi connectivity index (χ4n) is 2.91. The number of rotatable bonds is 2. The molecule has 1 aromatic carbocycles. The van der Waals surface area contributed by atoms with E-state index in [1.54, 1.807) is 0 Å². The van der Waals surface area contributed by atoms with Crippen LogP contribution in [-0.2, 0) is 6.42 Å². The van der Waals surface area contributed by atoms with Crippen LogP contribution in [0.25, 0.3) is 0 Å². The Hall–Kier alpha value is -0.960. The van der Waals surface area contributed by atoms with Gasteiger partial charge >= 0.3 is 0 Å². The molecular weight excluding hydrogens is 232 g/mol. The molecule has 1 aliphatic carbocycles. The van der Waals surface area contributed by atoms with Gasteiger partial charge in [-0.2, -0.15) is 0 Å². The van der Waals surface area contributed by atoms with Crippen LogP contribution in [0.1, 0.15) is 50.5 Å². The van der Waals surface area contributed by atoms with E-state index in [2.05, 4.69) is 0 Å². The average molecular weight is 253 g/mol. The maximum Gasteiger partial charge on any atom is 0.126 e. The van der Waals surface area contributed by atoms with Gasteiger partial charge < -0.3 is 5.73 Å². The van der Waals surface area contributed by atoms with E-state index in [0.29, 0.717) is 12.0 Å². The van der Waals surface area contributed by atoms with Crippen molar-refractivity contribution < 1.29 is 8.78 Å². The van der Waals surface area contributed by atoms with E-state index in [-0.39, 0.29) is 5.54 Å². The second-order valence-electron chi connectivity index (χ2n) is 5.58. The van der Waals surface area contributed by atoms with Gasteiger partial charge in [0, 0.05) is 11.6 Å². The lowest BCUT2D eigenvalue weighted by Gasteiger charge is -2.31. The third kappa shape index (κ3) is 3.77. The Kier molecular flexibility index (Phi) is 4.33. The van der Waals surface area contributed by atoms with Crippen LogP contribution in [0.2, 0.25) is 0 Å². The second kappa shape index (κ2) is 5.79. The average Bonchev–Trinajstić information content (AvgIpc) is 2.23. The van der Waals surface area contributed by atoms with Crippen LogP contribution in [0.4, 0.5) is 8.78 Å². The highest BCUT2D eigenvalue weighted by atomic mass is 19.1. The van der Waals surface area contributed by atoms with Gasteiger partial charge in [0.1, 0.15) is 11.6 Å². The van der Waals surface area contributed by atoms with Gasteiger partial charge in [0.15, 0.2) is 0 Å². The summed E-state index contributed by atoms with van der Waals surface area (Å²) in [6, 6.07) is 3.71. The van der Waals surface area contributed by atoms with Gasteiger partial charge in [-0.05, 0) is 37.0 Å². The Morgan fingerprint density at radius 3 is 1.94 bits per heavy atom. The van der Waals surface area contributed by atoms with Crippen LogP contribution in [-0.4, -0.2) is 5.54 Å². The molecule has 0 aliphatic heterocycles. The van der Waals surface area contributed by atoms with Gasteiger partial charge in [-0.15, -0.1) is 0 Å². The van der Waals surface area contributed by atoms with Crippen molar-refractivity contribution in [2.45, 2.75) is 56.9 Å². The summed E-state index contributed by atoms with van der Waals surface area (Å²) >= 11 is 0. The maximum absolute atomic E-state index is 13.2. The van der Waals surface area contributed by atoms with E-state index in [4.69, 9.17) is 5.73 Å². The summed E-state index contributed by atoms with van der Waals surface area (Å²) in [7, 11) is 0. The second-order valence-corrected chi connectivity index (χ2v) is 5.58. The summed E-state index contributed by atoms with van der Waals surface area (Å²) in [5, 5.41) is 0. The van der Waals surface area contributed by atoms with Gasteiger partial charge in [0.2, 0.25) is 0 Å².